The van der Waals surface area contributed by atoms with E-state index in [9.17, 15) is 8.42 Å². The molecule has 0 radical (unpaired) electrons. The van der Waals surface area contributed by atoms with E-state index in [1.165, 1.54) is 3.97 Å². The highest BCUT2D eigenvalue weighted by atomic mass is 32.2. The Labute approximate surface area is 123 Å². The van der Waals surface area contributed by atoms with E-state index < -0.39 is 14.8 Å². The molecule has 6 heteroatoms. The van der Waals surface area contributed by atoms with E-state index in [-0.39, 0.29) is 0 Å². The van der Waals surface area contributed by atoms with Gasteiger partial charge in [-0.25, -0.2) is 12.4 Å². The van der Waals surface area contributed by atoms with Gasteiger partial charge in [0.05, 0.1) is 5.52 Å². The molecule has 3 N–H and O–H groups in total. The molecule has 1 aliphatic carbocycles. The topological polar surface area (TPSA) is 77.1 Å². The minimum absolute atomic E-state index is 0.373. The number of hydrogen-bond acceptors (Lipinski definition) is 4. The molecule has 1 atom stereocenters. The van der Waals surface area contributed by atoms with Gasteiger partial charge in [-0.2, -0.15) is 0 Å². The largest absolute Gasteiger partial charge is 0.324 e. The van der Waals surface area contributed by atoms with Gasteiger partial charge in [-0.3, -0.25) is 5.84 Å². The van der Waals surface area contributed by atoms with Gasteiger partial charge in [-0.05, 0) is 31.6 Å². The Hall–Kier alpha value is -2.05. The van der Waals surface area contributed by atoms with Gasteiger partial charge in [0.1, 0.15) is 4.75 Å². The van der Waals surface area contributed by atoms with Gasteiger partial charge in [0.25, 0.3) is 0 Å². The minimum Gasteiger partial charge on any atom is -0.324 e. The van der Waals surface area contributed by atoms with Gasteiger partial charge >= 0.3 is 0 Å². The SMILES string of the molecule is CC1(S(=O)(=O)n2ccc3ccccc32)C=CC(NN)=CC1. The number of nitrogens with one attached hydrogen (secondary N) is 1. The normalized spacial score (nSPS) is 22.3. The second-order valence-corrected chi connectivity index (χ2v) is 7.61. The zero-order valence-corrected chi connectivity index (χ0v) is 12.5. The minimum atomic E-state index is -3.56. The lowest BCUT2D eigenvalue weighted by Crippen LogP contribution is -2.39. The molecule has 5 nitrogen and oxygen atoms in total. The fourth-order valence-corrected chi connectivity index (χ4v) is 4.13. The van der Waals surface area contributed by atoms with Crippen molar-refractivity contribution in [1.29, 1.82) is 0 Å². The fourth-order valence-electron chi connectivity index (χ4n) is 2.50. The maximum atomic E-state index is 13.0. The molecule has 110 valence electrons. The van der Waals surface area contributed by atoms with E-state index in [4.69, 9.17) is 5.84 Å². The van der Waals surface area contributed by atoms with Gasteiger partial charge < -0.3 is 5.43 Å². The Morgan fingerprint density at radius 2 is 2.05 bits per heavy atom. The molecule has 1 aromatic carbocycles. The average molecular weight is 303 g/mol. The van der Waals surface area contributed by atoms with Crippen LogP contribution in [-0.2, 0) is 10.0 Å². The van der Waals surface area contributed by atoms with Crippen LogP contribution in [0.2, 0.25) is 0 Å². The summed E-state index contributed by atoms with van der Waals surface area (Å²) in [6.45, 7) is 1.72. The van der Waals surface area contributed by atoms with Crippen LogP contribution in [0.25, 0.3) is 10.9 Å². The quantitative estimate of drug-likeness (QED) is 0.670. The van der Waals surface area contributed by atoms with Crippen molar-refractivity contribution < 1.29 is 8.42 Å². The predicted molar refractivity (Wildman–Crippen MR) is 83.8 cm³/mol. The van der Waals surface area contributed by atoms with Crippen LogP contribution in [0.5, 0.6) is 0 Å². The first-order valence-corrected chi connectivity index (χ1v) is 8.09. The molecule has 0 bridgehead atoms. The standard InChI is InChI=1S/C15H17N3O2S/c1-15(9-6-13(17-16)7-10-15)21(19,20)18-11-8-12-4-2-3-5-14(12)18/h2-9,11,17H,10,16H2,1H3. The summed E-state index contributed by atoms with van der Waals surface area (Å²) in [5.41, 5.74) is 3.95. The zero-order valence-electron chi connectivity index (χ0n) is 11.7. The van der Waals surface area contributed by atoms with Crippen LogP contribution in [0.3, 0.4) is 0 Å². The second-order valence-electron chi connectivity index (χ2n) is 5.33. The first-order valence-electron chi connectivity index (χ1n) is 6.65. The van der Waals surface area contributed by atoms with Crippen LogP contribution in [0.1, 0.15) is 13.3 Å². The summed E-state index contributed by atoms with van der Waals surface area (Å²) in [5, 5.41) is 0.907. The number of hydrazine groups is 1. The molecule has 0 amide bonds. The van der Waals surface area contributed by atoms with Crippen LogP contribution in [0.4, 0.5) is 0 Å². The van der Waals surface area contributed by atoms with Crippen molar-refractivity contribution >= 4 is 20.9 Å². The third kappa shape index (κ3) is 2.07. The lowest BCUT2D eigenvalue weighted by molar-refractivity contribution is 0.553. The molecule has 0 spiro atoms. The molecule has 1 unspecified atom stereocenters. The van der Waals surface area contributed by atoms with Crippen LogP contribution in [0, 0.1) is 0 Å². The number of para-hydroxylation sites is 1. The highest BCUT2D eigenvalue weighted by Gasteiger charge is 2.39. The molecule has 1 heterocycles. The first-order chi connectivity index (χ1) is 9.98. The number of nitrogens with zero attached hydrogens (tertiary/aromatic N) is 1. The van der Waals surface area contributed by atoms with E-state index in [0.29, 0.717) is 11.9 Å². The Morgan fingerprint density at radius 3 is 2.71 bits per heavy atom. The monoisotopic (exact) mass is 303 g/mol. The Kier molecular flexibility index (Phi) is 3.15. The Bertz CT molecular complexity index is 849. The Morgan fingerprint density at radius 1 is 1.29 bits per heavy atom. The van der Waals surface area contributed by atoms with Gasteiger partial charge in [0.15, 0.2) is 0 Å². The van der Waals surface area contributed by atoms with Gasteiger partial charge in [-0.15, -0.1) is 0 Å². The number of nitrogens with two attached hydrogens (primary N) is 1. The van der Waals surface area contributed by atoms with Crippen molar-refractivity contribution in [3.05, 3.63) is 60.5 Å². The Balaban J connectivity index is 2.10. The summed E-state index contributed by atoms with van der Waals surface area (Å²) in [5.74, 6) is 5.35. The van der Waals surface area contributed by atoms with Gasteiger partial charge in [0.2, 0.25) is 10.0 Å². The molecule has 0 saturated heterocycles. The average Bonchev–Trinajstić information content (AvgIpc) is 2.92. The molecular formula is C15H17N3O2S. The summed E-state index contributed by atoms with van der Waals surface area (Å²) in [6.07, 6.45) is 7.17. The van der Waals surface area contributed by atoms with Crippen LogP contribution in [-0.4, -0.2) is 17.1 Å². The highest BCUT2D eigenvalue weighted by molar-refractivity contribution is 7.91. The summed E-state index contributed by atoms with van der Waals surface area (Å²) < 4.78 is 26.4. The summed E-state index contributed by atoms with van der Waals surface area (Å²) in [7, 11) is -3.56. The first kappa shape index (κ1) is 13.9. The molecule has 21 heavy (non-hydrogen) atoms. The van der Waals surface area contributed by atoms with Gasteiger partial charge in [0, 0.05) is 17.3 Å². The second kappa shape index (κ2) is 4.75. The summed E-state index contributed by atoms with van der Waals surface area (Å²) in [4.78, 5) is 0. The van der Waals surface area contributed by atoms with Crippen LogP contribution in [0.15, 0.2) is 60.5 Å². The summed E-state index contributed by atoms with van der Waals surface area (Å²) >= 11 is 0. The third-order valence-corrected chi connectivity index (χ3v) is 6.24. The number of allylic oxidation sites excluding steroid dienone is 2. The summed E-state index contributed by atoms with van der Waals surface area (Å²) in [6, 6.07) is 9.25. The molecule has 0 fully saturated rings. The fraction of sp³-hybridized carbons (Fsp3) is 0.200. The van der Waals surface area contributed by atoms with E-state index in [1.807, 2.05) is 30.3 Å². The molecule has 1 aliphatic rings. The number of fused-ring (bicyclic) bond motifs is 1. The predicted octanol–water partition coefficient (Wildman–Crippen LogP) is 1.89. The van der Waals surface area contributed by atoms with Crippen molar-refractivity contribution in [2.75, 3.05) is 0 Å². The third-order valence-electron chi connectivity index (χ3n) is 3.92. The van der Waals surface area contributed by atoms with Crippen molar-refractivity contribution in [3.8, 4) is 0 Å². The highest BCUT2D eigenvalue weighted by Crippen LogP contribution is 2.32. The van der Waals surface area contributed by atoms with E-state index >= 15 is 0 Å². The van der Waals surface area contributed by atoms with E-state index in [2.05, 4.69) is 5.43 Å². The van der Waals surface area contributed by atoms with Crippen molar-refractivity contribution in [2.45, 2.75) is 18.1 Å². The maximum absolute atomic E-state index is 13.0. The van der Waals surface area contributed by atoms with Crippen LogP contribution >= 0.6 is 0 Å². The maximum Gasteiger partial charge on any atom is 0.248 e. The van der Waals surface area contributed by atoms with Crippen LogP contribution < -0.4 is 11.3 Å². The molecule has 1 aromatic heterocycles. The van der Waals surface area contributed by atoms with Crippen molar-refractivity contribution in [1.82, 2.24) is 9.40 Å². The molecular weight excluding hydrogens is 286 g/mol. The van der Waals surface area contributed by atoms with Crippen molar-refractivity contribution in [3.63, 3.8) is 0 Å². The molecule has 0 aliphatic heterocycles. The number of benzene rings is 1. The van der Waals surface area contributed by atoms with E-state index in [0.717, 1.165) is 11.1 Å². The smallest absolute Gasteiger partial charge is 0.248 e. The lowest BCUT2D eigenvalue weighted by atomic mass is 10.0. The number of rotatable bonds is 3. The van der Waals surface area contributed by atoms with E-state index in [1.54, 1.807) is 31.3 Å². The molecule has 0 saturated carbocycles. The van der Waals surface area contributed by atoms with Gasteiger partial charge in [-0.1, -0.05) is 30.4 Å². The zero-order chi connectivity index (χ0) is 15.1. The molecule has 3 rings (SSSR count). The molecule has 2 aromatic rings. The van der Waals surface area contributed by atoms with Crippen molar-refractivity contribution in [2.24, 2.45) is 5.84 Å². The lowest BCUT2D eigenvalue weighted by Gasteiger charge is -2.28. The number of aromatic nitrogens is 1. The number of hydrogen-bond donors (Lipinski definition) is 2.